The molecule has 128 valence electrons. The van der Waals surface area contributed by atoms with Crippen LogP contribution in [0, 0.1) is 13.8 Å². The van der Waals surface area contributed by atoms with Crippen molar-refractivity contribution >= 4 is 11.6 Å². The number of benzene rings is 1. The van der Waals surface area contributed by atoms with Gasteiger partial charge in [-0.2, -0.15) is 0 Å². The average Bonchev–Trinajstić information content (AvgIpc) is 2.60. The molecule has 0 bridgehead atoms. The van der Waals surface area contributed by atoms with E-state index in [2.05, 4.69) is 4.98 Å². The molecule has 25 heavy (non-hydrogen) atoms. The van der Waals surface area contributed by atoms with Crippen molar-refractivity contribution in [2.45, 2.75) is 27.2 Å². The molecular formula is C20H18ClNO3. The van der Waals surface area contributed by atoms with Gasteiger partial charge in [-0.15, -0.1) is 0 Å². The molecule has 1 aromatic carbocycles. The Bertz CT molecular complexity index is 994. The molecule has 2 heterocycles. The largest absolute Gasteiger partial charge is 0.507 e. The van der Waals surface area contributed by atoms with Gasteiger partial charge in [-0.25, -0.2) is 4.79 Å². The van der Waals surface area contributed by atoms with Crippen molar-refractivity contribution in [3.8, 4) is 28.3 Å². The Morgan fingerprint density at radius 2 is 1.96 bits per heavy atom. The molecular weight excluding hydrogens is 338 g/mol. The van der Waals surface area contributed by atoms with Gasteiger partial charge in [0.25, 0.3) is 0 Å². The van der Waals surface area contributed by atoms with Crippen LogP contribution in [0.3, 0.4) is 0 Å². The summed E-state index contributed by atoms with van der Waals surface area (Å²) in [6, 6.07) is 9.02. The number of aryl methyl sites for hydroxylation is 2. The maximum absolute atomic E-state index is 12.7. The number of pyridine rings is 1. The number of nitrogens with zero attached hydrogens (tertiary/aromatic N) is 1. The Morgan fingerprint density at radius 1 is 1.20 bits per heavy atom. The van der Waals surface area contributed by atoms with Crippen LogP contribution in [0.2, 0.25) is 5.02 Å². The van der Waals surface area contributed by atoms with E-state index in [9.17, 15) is 9.90 Å². The second kappa shape index (κ2) is 6.73. The number of aromatic nitrogens is 1. The molecule has 0 fully saturated rings. The summed E-state index contributed by atoms with van der Waals surface area (Å²) < 4.78 is 5.51. The van der Waals surface area contributed by atoms with Crippen molar-refractivity contribution in [1.82, 2.24) is 4.98 Å². The highest BCUT2D eigenvalue weighted by atomic mass is 35.5. The normalized spacial score (nSPS) is 10.9. The molecule has 0 aliphatic carbocycles. The molecule has 3 rings (SSSR count). The molecule has 0 aliphatic rings. The van der Waals surface area contributed by atoms with Gasteiger partial charge < -0.3 is 9.52 Å². The van der Waals surface area contributed by atoms with Gasteiger partial charge in [0.2, 0.25) is 0 Å². The summed E-state index contributed by atoms with van der Waals surface area (Å²) in [5, 5.41) is 11.2. The molecule has 2 aromatic heterocycles. The number of hydrogen-bond acceptors (Lipinski definition) is 4. The van der Waals surface area contributed by atoms with Crippen molar-refractivity contribution < 1.29 is 9.52 Å². The maximum Gasteiger partial charge on any atom is 0.348 e. The van der Waals surface area contributed by atoms with Gasteiger partial charge >= 0.3 is 5.63 Å². The van der Waals surface area contributed by atoms with E-state index in [1.807, 2.05) is 19.9 Å². The lowest BCUT2D eigenvalue weighted by Crippen LogP contribution is -2.08. The van der Waals surface area contributed by atoms with Crippen molar-refractivity contribution in [2.75, 3.05) is 0 Å². The summed E-state index contributed by atoms with van der Waals surface area (Å²) in [5.41, 5.74) is 2.81. The molecule has 0 radical (unpaired) electrons. The van der Waals surface area contributed by atoms with Crippen LogP contribution in [0.5, 0.6) is 5.75 Å². The fraction of sp³-hybridized carbons (Fsp3) is 0.200. The number of aromatic hydroxyl groups is 1. The smallest absolute Gasteiger partial charge is 0.348 e. The molecule has 3 aromatic rings. The van der Waals surface area contributed by atoms with E-state index in [4.69, 9.17) is 16.0 Å². The molecule has 0 spiro atoms. The van der Waals surface area contributed by atoms with Gasteiger partial charge in [0.05, 0.1) is 0 Å². The van der Waals surface area contributed by atoms with Crippen LogP contribution in [0.15, 0.2) is 45.7 Å². The lowest BCUT2D eigenvalue weighted by atomic mass is 9.95. The van der Waals surface area contributed by atoms with Crippen LogP contribution in [-0.4, -0.2) is 10.1 Å². The molecule has 0 atom stereocenters. The summed E-state index contributed by atoms with van der Waals surface area (Å²) in [5.74, 6) is 0.130. The molecule has 4 nitrogen and oxygen atoms in total. The number of halogens is 1. The zero-order chi connectivity index (χ0) is 18.1. The summed E-state index contributed by atoms with van der Waals surface area (Å²) in [4.78, 5) is 16.9. The third-order valence-corrected chi connectivity index (χ3v) is 4.47. The minimum Gasteiger partial charge on any atom is -0.507 e. The molecule has 1 N–H and O–H groups in total. The second-order valence-electron chi connectivity index (χ2n) is 5.92. The minimum atomic E-state index is -0.635. The van der Waals surface area contributed by atoms with Gasteiger partial charge in [-0.05, 0) is 49.6 Å². The van der Waals surface area contributed by atoms with E-state index in [0.717, 1.165) is 11.1 Å². The number of rotatable bonds is 3. The van der Waals surface area contributed by atoms with E-state index < -0.39 is 5.63 Å². The second-order valence-corrected chi connectivity index (χ2v) is 6.32. The van der Waals surface area contributed by atoms with Crippen molar-refractivity contribution in [3.05, 3.63) is 68.7 Å². The van der Waals surface area contributed by atoms with E-state index in [-0.39, 0.29) is 17.1 Å². The highest BCUT2D eigenvalue weighted by Crippen LogP contribution is 2.39. The first-order valence-electron chi connectivity index (χ1n) is 8.01. The first kappa shape index (κ1) is 17.2. The van der Waals surface area contributed by atoms with Crippen LogP contribution in [-0.2, 0) is 6.42 Å². The van der Waals surface area contributed by atoms with Crippen molar-refractivity contribution in [3.63, 3.8) is 0 Å². The molecule has 0 aliphatic heterocycles. The SMILES string of the molecule is CCc1cc(C)cc(Cl)c1-c1c(O)c(C)c(-c2ccccn2)oc1=O. The van der Waals surface area contributed by atoms with Crippen molar-refractivity contribution in [1.29, 1.82) is 0 Å². The minimum absolute atomic E-state index is 0.0963. The quantitative estimate of drug-likeness (QED) is 0.725. The van der Waals surface area contributed by atoms with Gasteiger partial charge in [-0.1, -0.05) is 30.7 Å². The summed E-state index contributed by atoms with van der Waals surface area (Å²) in [6.07, 6.45) is 2.28. The van der Waals surface area contributed by atoms with Crippen LogP contribution >= 0.6 is 11.6 Å². The molecule has 5 heteroatoms. The van der Waals surface area contributed by atoms with Crippen LogP contribution in [0.25, 0.3) is 22.6 Å². The van der Waals surface area contributed by atoms with E-state index >= 15 is 0 Å². The van der Waals surface area contributed by atoms with Gasteiger partial charge in [0.15, 0.2) is 5.76 Å². The Morgan fingerprint density at radius 3 is 2.60 bits per heavy atom. The Hall–Kier alpha value is -2.59. The first-order chi connectivity index (χ1) is 11.9. The molecule has 0 unspecified atom stereocenters. The van der Waals surface area contributed by atoms with Crippen molar-refractivity contribution in [2.24, 2.45) is 0 Å². The fourth-order valence-corrected chi connectivity index (χ4v) is 3.33. The van der Waals surface area contributed by atoms with E-state index in [1.165, 1.54) is 0 Å². The predicted molar refractivity (Wildman–Crippen MR) is 99.2 cm³/mol. The monoisotopic (exact) mass is 355 g/mol. The Kier molecular flexibility index (Phi) is 4.64. The molecule has 0 saturated heterocycles. The lowest BCUT2D eigenvalue weighted by molar-refractivity contribution is 0.449. The van der Waals surface area contributed by atoms with Gasteiger partial charge in [0.1, 0.15) is 17.0 Å². The summed E-state index contributed by atoms with van der Waals surface area (Å²) >= 11 is 6.40. The van der Waals surface area contributed by atoms with Gasteiger partial charge in [0, 0.05) is 22.3 Å². The Labute approximate surface area is 150 Å². The van der Waals surface area contributed by atoms with E-state index in [1.54, 1.807) is 37.4 Å². The summed E-state index contributed by atoms with van der Waals surface area (Å²) in [6.45, 7) is 5.61. The van der Waals surface area contributed by atoms with E-state index in [0.29, 0.717) is 28.3 Å². The summed E-state index contributed by atoms with van der Waals surface area (Å²) in [7, 11) is 0. The zero-order valence-corrected chi connectivity index (χ0v) is 15.0. The predicted octanol–water partition coefficient (Wildman–Crippen LogP) is 4.91. The van der Waals surface area contributed by atoms with Crippen LogP contribution in [0.4, 0.5) is 0 Å². The Balaban J connectivity index is 2.31. The highest BCUT2D eigenvalue weighted by Gasteiger charge is 2.23. The first-order valence-corrected chi connectivity index (χ1v) is 8.39. The van der Waals surface area contributed by atoms with Crippen LogP contribution in [0.1, 0.15) is 23.6 Å². The topological polar surface area (TPSA) is 63.3 Å². The number of hydrogen-bond donors (Lipinski definition) is 1. The molecule has 0 saturated carbocycles. The third-order valence-electron chi connectivity index (χ3n) is 4.18. The third kappa shape index (κ3) is 3.05. The standard InChI is InChI=1S/C20H18ClNO3/c1-4-13-9-11(2)10-14(21)16(13)17-18(23)12(3)19(25-20(17)24)15-7-5-6-8-22-15/h5-10,23H,4H2,1-3H3. The van der Waals surface area contributed by atoms with Crippen LogP contribution < -0.4 is 5.63 Å². The zero-order valence-electron chi connectivity index (χ0n) is 14.3. The molecule has 0 amide bonds. The van der Waals surface area contributed by atoms with Gasteiger partial charge in [-0.3, -0.25) is 4.98 Å². The fourth-order valence-electron chi connectivity index (χ4n) is 2.95. The highest BCUT2D eigenvalue weighted by molar-refractivity contribution is 6.33. The maximum atomic E-state index is 12.7. The lowest BCUT2D eigenvalue weighted by Gasteiger charge is -2.14. The average molecular weight is 356 g/mol.